The number of hydrogen-bond donors (Lipinski definition) is 13. The molecule has 28 nitrogen and oxygen atoms in total. The molecule has 2 aliphatic rings. The SMILES string of the molecule is CC(=O)N[C@H](Cc1cccc2ccccc12)C(=O)N[C@H](Cc1ccc(Cl)cc1)C(=O)N[C@H](Cc1ccccc1)C(=O)N[C@@H](CO)C(=O)N[C@@H](CC(C)C)C(=O)N[C@H](Cc1ccc(CN2CCOCC2)cc1)C(=O)N[C@@H](CC(C)C)C(=O)N[C@@H](CCCN=C(N)N)C(=O)N1CCC[C@H]1C(=O)N[C@H](C)C(N)=O. The van der Waals surface area contributed by atoms with Gasteiger partial charge < -0.3 is 79.8 Å². The van der Waals surface area contributed by atoms with Crippen LogP contribution in [0, 0.1) is 11.8 Å². The maximum absolute atomic E-state index is 15.1. The number of carbonyl (C=O) groups is 11. The molecule has 0 saturated carbocycles. The first-order chi connectivity index (χ1) is 50.1. The molecule has 5 aromatic rings. The summed E-state index contributed by atoms with van der Waals surface area (Å²) in [5.74, 6) is -9.03. The molecule has 7 rings (SSSR count). The number of nitrogens with one attached hydrogen (secondary N) is 9. The topological polar surface area (TPSA) is 422 Å². The zero-order chi connectivity index (χ0) is 76.3. The van der Waals surface area contributed by atoms with E-state index in [9.17, 15) is 53.1 Å². The Morgan fingerprint density at radius 1 is 0.524 bits per heavy atom. The van der Waals surface area contributed by atoms with Crippen LogP contribution in [-0.4, -0.2) is 192 Å². The molecule has 2 saturated heterocycles. The number of amides is 11. The van der Waals surface area contributed by atoms with Gasteiger partial charge in [0.2, 0.25) is 65.0 Å². The highest BCUT2D eigenvalue weighted by atomic mass is 35.5. The number of rotatable bonds is 38. The monoisotopic (exact) mass is 1470 g/mol. The molecule has 0 spiro atoms. The number of ether oxygens (including phenoxy) is 1. The highest BCUT2D eigenvalue weighted by molar-refractivity contribution is 6.30. The molecule has 2 heterocycles. The maximum atomic E-state index is 15.1. The molecule has 0 aromatic heterocycles. The lowest BCUT2D eigenvalue weighted by Gasteiger charge is -2.31. The fraction of sp³-hybridized carbons (Fsp3) is 0.474. The standard InChI is InChI=1S/C76H102ClN15O13/c1-45(2)37-58(67(96)84-57(21-13-31-81-76(79)80)75(104)92-32-14-22-65(92)74(103)82-47(5)66(78)95)85-69(98)61(40-50-23-25-52(26-24-50)43-91-33-35-105-36-34-91)87-68(97)59(38-46(3)4)86-73(102)64(44-93)90-71(100)60(39-49-15-8-7-9-16-49)88-70(99)62(41-51-27-29-55(77)30-28-51)89-72(101)63(83-48(6)94)42-54-19-12-18-53-17-10-11-20-56(53)54/h7-12,15-20,23-30,45-47,57-65,93H,13-14,21-22,31-44H2,1-6H3,(H2,78,95)(H,82,103)(H,83,94)(H,84,96)(H,85,98)(H,86,102)(H,87,97)(H,88,99)(H,89,101)(H,90,100)(H4,79,80,81)/t47-,57+,58+,59+,60-,61-,62-,63-,64+,65+/m1/s1. The van der Waals surface area contributed by atoms with Crippen molar-refractivity contribution in [2.45, 2.75) is 173 Å². The highest BCUT2D eigenvalue weighted by Crippen LogP contribution is 2.24. The van der Waals surface area contributed by atoms with Gasteiger partial charge in [-0.3, -0.25) is 62.6 Å². The van der Waals surface area contributed by atoms with Crippen LogP contribution in [0.1, 0.15) is 108 Å². The Balaban J connectivity index is 1.13. The number of nitrogens with zero attached hydrogens (tertiary/aromatic N) is 3. The van der Waals surface area contributed by atoms with Crippen molar-refractivity contribution in [1.82, 2.24) is 57.7 Å². The molecule has 10 atom stereocenters. The first-order valence-corrected chi connectivity index (χ1v) is 36.1. The number of hydrogen-bond acceptors (Lipinski definition) is 15. The van der Waals surface area contributed by atoms with Crippen LogP contribution in [0.5, 0.6) is 0 Å². The number of nitrogens with two attached hydrogens (primary N) is 3. The van der Waals surface area contributed by atoms with Crippen LogP contribution in [-0.2, 0) is 89.7 Å². The first kappa shape index (κ1) is 82.3. The second-order valence-corrected chi connectivity index (χ2v) is 28.1. The summed E-state index contributed by atoms with van der Waals surface area (Å²) in [6.45, 7) is 12.5. The number of primary amides is 1. The third kappa shape index (κ3) is 26.3. The first-order valence-electron chi connectivity index (χ1n) is 35.7. The number of aliphatic hydroxyl groups excluding tert-OH is 1. The quantitative estimate of drug-likeness (QED) is 0.0152. The molecule has 2 aliphatic heterocycles. The Kier molecular flexibility index (Phi) is 32.0. The Labute approximate surface area is 617 Å². The molecule has 0 radical (unpaired) electrons. The van der Waals surface area contributed by atoms with Gasteiger partial charge in [0, 0.05) is 70.4 Å². The third-order valence-corrected chi connectivity index (χ3v) is 18.4. The van der Waals surface area contributed by atoms with E-state index in [1.54, 1.807) is 68.4 Å². The molecule has 16 N–H and O–H groups in total. The van der Waals surface area contributed by atoms with Crippen LogP contribution in [0.25, 0.3) is 10.8 Å². The molecule has 105 heavy (non-hydrogen) atoms. The summed E-state index contributed by atoms with van der Waals surface area (Å²) < 4.78 is 5.54. The van der Waals surface area contributed by atoms with Crippen molar-refractivity contribution in [3.05, 3.63) is 154 Å². The minimum Gasteiger partial charge on any atom is -0.394 e. The van der Waals surface area contributed by atoms with Gasteiger partial charge in [-0.05, 0) is 108 Å². The highest BCUT2D eigenvalue weighted by Gasteiger charge is 2.40. The number of morpholine rings is 1. The van der Waals surface area contributed by atoms with E-state index in [0.717, 1.165) is 35.0 Å². The average molecular weight is 1470 g/mol. The normalized spacial score (nSPS) is 16.3. The minimum atomic E-state index is -1.74. The van der Waals surface area contributed by atoms with Gasteiger partial charge in [0.15, 0.2) is 5.96 Å². The van der Waals surface area contributed by atoms with Gasteiger partial charge in [-0.15, -0.1) is 0 Å². The van der Waals surface area contributed by atoms with Gasteiger partial charge in [-0.25, -0.2) is 0 Å². The van der Waals surface area contributed by atoms with Crippen molar-refractivity contribution >= 4 is 93.3 Å². The van der Waals surface area contributed by atoms with Gasteiger partial charge in [-0.2, -0.15) is 0 Å². The predicted molar refractivity (Wildman–Crippen MR) is 398 cm³/mol. The molecule has 0 bridgehead atoms. The van der Waals surface area contributed by atoms with Gasteiger partial charge in [-0.1, -0.05) is 148 Å². The summed E-state index contributed by atoms with van der Waals surface area (Å²) in [5, 5.41) is 37.8. The van der Waals surface area contributed by atoms with Crippen LogP contribution < -0.4 is 65.1 Å². The lowest BCUT2D eigenvalue weighted by Crippen LogP contribution is -2.61. The third-order valence-electron chi connectivity index (χ3n) is 18.2. The number of guanidine groups is 1. The van der Waals surface area contributed by atoms with Crippen LogP contribution in [0.3, 0.4) is 0 Å². The second-order valence-electron chi connectivity index (χ2n) is 27.7. The molecule has 0 unspecified atom stereocenters. The Morgan fingerprint density at radius 2 is 0.981 bits per heavy atom. The number of likely N-dealkylation sites (tertiary alicyclic amines) is 1. The average Bonchev–Trinajstić information content (AvgIpc) is 1.71. The zero-order valence-electron chi connectivity index (χ0n) is 60.5. The molecular formula is C76H102ClN15O13. The van der Waals surface area contributed by atoms with Gasteiger partial charge in [0.1, 0.15) is 60.4 Å². The lowest BCUT2D eigenvalue weighted by atomic mass is 9.97. The Bertz CT molecular complexity index is 3810. The number of halogens is 1. The van der Waals surface area contributed by atoms with Crippen molar-refractivity contribution in [3.8, 4) is 0 Å². The van der Waals surface area contributed by atoms with E-state index in [-0.39, 0.29) is 88.7 Å². The zero-order valence-corrected chi connectivity index (χ0v) is 61.3. The second kappa shape index (κ2) is 40.9. The van der Waals surface area contributed by atoms with E-state index in [1.807, 2.05) is 80.6 Å². The molecular weight excluding hydrogens is 1370 g/mol. The molecule has 11 amide bonds. The van der Waals surface area contributed by atoms with Crippen LogP contribution in [0.2, 0.25) is 5.02 Å². The number of aliphatic hydroxyl groups is 1. The fourth-order valence-corrected chi connectivity index (χ4v) is 12.8. The fourth-order valence-electron chi connectivity index (χ4n) is 12.7. The summed E-state index contributed by atoms with van der Waals surface area (Å²) >= 11 is 6.26. The molecule has 0 aliphatic carbocycles. The van der Waals surface area contributed by atoms with Crippen LogP contribution >= 0.6 is 11.6 Å². The van der Waals surface area contributed by atoms with Crippen molar-refractivity contribution < 1.29 is 62.6 Å². The number of carbonyl (C=O) groups excluding carboxylic acids is 11. The van der Waals surface area contributed by atoms with E-state index in [1.165, 1.54) is 18.7 Å². The maximum Gasteiger partial charge on any atom is 0.245 e. The summed E-state index contributed by atoms with van der Waals surface area (Å²) in [6.07, 6.45) is 0.626. The van der Waals surface area contributed by atoms with E-state index in [2.05, 4.69) is 57.7 Å². The Morgan fingerprint density at radius 3 is 1.50 bits per heavy atom. The van der Waals surface area contributed by atoms with Gasteiger partial charge >= 0.3 is 0 Å². The van der Waals surface area contributed by atoms with Crippen molar-refractivity contribution in [1.29, 1.82) is 0 Å². The van der Waals surface area contributed by atoms with E-state index in [4.69, 9.17) is 33.5 Å². The van der Waals surface area contributed by atoms with E-state index >= 15 is 4.79 Å². The van der Waals surface area contributed by atoms with Crippen LogP contribution in [0.4, 0.5) is 0 Å². The molecule has 5 aromatic carbocycles. The van der Waals surface area contributed by atoms with Crippen LogP contribution in [0.15, 0.2) is 126 Å². The summed E-state index contributed by atoms with van der Waals surface area (Å²) in [7, 11) is 0. The van der Waals surface area contributed by atoms with E-state index in [0.29, 0.717) is 47.9 Å². The van der Waals surface area contributed by atoms with Crippen molar-refractivity contribution in [2.75, 3.05) is 46.0 Å². The van der Waals surface area contributed by atoms with E-state index < -0.39 is 132 Å². The van der Waals surface area contributed by atoms with Gasteiger partial charge in [0.05, 0.1) is 19.8 Å². The summed E-state index contributed by atoms with van der Waals surface area (Å²) in [4.78, 5) is 164. The largest absolute Gasteiger partial charge is 0.394 e. The minimum absolute atomic E-state index is 0.00609. The number of benzene rings is 5. The predicted octanol–water partition coefficient (Wildman–Crippen LogP) is 1.61. The summed E-state index contributed by atoms with van der Waals surface area (Å²) in [6, 6.07) is 22.7. The molecule has 29 heteroatoms. The molecule has 566 valence electrons. The number of aliphatic imine (C=N–C) groups is 1. The van der Waals surface area contributed by atoms with Crippen molar-refractivity contribution in [3.63, 3.8) is 0 Å². The van der Waals surface area contributed by atoms with Crippen molar-refractivity contribution in [2.24, 2.45) is 34.0 Å². The lowest BCUT2D eigenvalue weighted by molar-refractivity contribution is -0.142. The smallest absolute Gasteiger partial charge is 0.245 e. The Hall–Kier alpha value is -10.0. The summed E-state index contributed by atoms with van der Waals surface area (Å²) in [5.41, 5.74) is 20.1. The van der Waals surface area contributed by atoms with Gasteiger partial charge in [0.25, 0.3) is 0 Å². The number of fused-ring (bicyclic) bond motifs is 1. The molecule has 2 fully saturated rings.